The van der Waals surface area contributed by atoms with Crippen LogP contribution in [0, 0.1) is 0 Å². The standard InChI is InChI=1S/C17H12O2/c18-15-6-3-7-16-14(15)10-13-12-5-2-1-4-11(12)8-9-17(13)19-16/h1-9,18H,10H2. The van der Waals surface area contributed by atoms with Crippen LogP contribution in [0.5, 0.6) is 17.2 Å². The second kappa shape index (κ2) is 3.75. The smallest absolute Gasteiger partial charge is 0.134 e. The summed E-state index contributed by atoms with van der Waals surface area (Å²) in [5, 5.41) is 12.4. The van der Waals surface area contributed by atoms with Crippen molar-refractivity contribution in [1.82, 2.24) is 0 Å². The van der Waals surface area contributed by atoms with E-state index in [1.807, 2.05) is 24.3 Å². The van der Waals surface area contributed by atoms with Crippen molar-refractivity contribution in [3.63, 3.8) is 0 Å². The number of fused-ring (bicyclic) bond motifs is 4. The topological polar surface area (TPSA) is 29.5 Å². The molecule has 0 bridgehead atoms. The number of hydrogen-bond donors (Lipinski definition) is 1. The average molecular weight is 248 g/mol. The lowest BCUT2D eigenvalue weighted by atomic mass is 9.94. The monoisotopic (exact) mass is 248 g/mol. The zero-order valence-corrected chi connectivity index (χ0v) is 10.3. The van der Waals surface area contributed by atoms with Gasteiger partial charge >= 0.3 is 0 Å². The molecular weight excluding hydrogens is 236 g/mol. The molecule has 2 nitrogen and oxygen atoms in total. The molecule has 92 valence electrons. The highest BCUT2D eigenvalue weighted by molar-refractivity contribution is 5.88. The van der Waals surface area contributed by atoms with Crippen LogP contribution in [0.15, 0.2) is 54.6 Å². The van der Waals surface area contributed by atoms with Crippen molar-refractivity contribution in [2.45, 2.75) is 6.42 Å². The SMILES string of the molecule is Oc1cccc2c1Cc1c(ccc3ccccc13)O2. The third kappa shape index (κ3) is 1.50. The molecule has 0 radical (unpaired) electrons. The molecule has 0 atom stereocenters. The number of ether oxygens (including phenoxy) is 1. The molecule has 2 heteroatoms. The van der Waals surface area contributed by atoms with Gasteiger partial charge in [0.15, 0.2) is 0 Å². The minimum Gasteiger partial charge on any atom is -0.508 e. The third-order valence-electron chi connectivity index (χ3n) is 3.68. The van der Waals surface area contributed by atoms with Crippen LogP contribution in [0.1, 0.15) is 11.1 Å². The van der Waals surface area contributed by atoms with E-state index in [9.17, 15) is 5.11 Å². The highest BCUT2D eigenvalue weighted by Gasteiger charge is 2.21. The van der Waals surface area contributed by atoms with E-state index in [-0.39, 0.29) is 0 Å². The second-order valence-corrected chi connectivity index (χ2v) is 4.80. The van der Waals surface area contributed by atoms with E-state index in [4.69, 9.17) is 4.74 Å². The number of rotatable bonds is 0. The average Bonchev–Trinajstić information content (AvgIpc) is 2.46. The van der Waals surface area contributed by atoms with Crippen molar-refractivity contribution in [2.24, 2.45) is 0 Å². The molecule has 1 aliphatic rings. The minimum atomic E-state index is 0.302. The van der Waals surface area contributed by atoms with E-state index < -0.39 is 0 Å². The molecule has 0 aliphatic carbocycles. The summed E-state index contributed by atoms with van der Waals surface area (Å²) >= 11 is 0. The molecule has 4 rings (SSSR count). The molecule has 0 fully saturated rings. The summed E-state index contributed by atoms with van der Waals surface area (Å²) in [6.45, 7) is 0. The second-order valence-electron chi connectivity index (χ2n) is 4.80. The van der Waals surface area contributed by atoms with E-state index in [1.54, 1.807) is 12.1 Å². The Morgan fingerprint density at radius 1 is 0.789 bits per heavy atom. The maximum absolute atomic E-state index is 9.97. The van der Waals surface area contributed by atoms with Crippen LogP contribution in [0.25, 0.3) is 10.8 Å². The number of hydrogen-bond acceptors (Lipinski definition) is 2. The Balaban J connectivity index is 1.98. The zero-order valence-electron chi connectivity index (χ0n) is 10.3. The lowest BCUT2D eigenvalue weighted by Gasteiger charge is -2.22. The largest absolute Gasteiger partial charge is 0.508 e. The lowest BCUT2D eigenvalue weighted by Crippen LogP contribution is -2.03. The van der Waals surface area contributed by atoms with Gasteiger partial charge in [-0.15, -0.1) is 0 Å². The predicted octanol–water partition coefficient (Wildman–Crippen LogP) is 4.24. The quantitative estimate of drug-likeness (QED) is 0.504. The van der Waals surface area contributed by atoms with Crippen LogP contribution in [0.3, 0.4) is 0 Å². The van der Waals surface area contributed by atoms with Gasteiger partial charge in [-0.2, -0.15) is 0 Å². The Morgan fingerprint density at radius 3 is 2.58 bits per heavy atom. The number of benzene rings is 3. The molecule has 3 aromatic carbocycles. The third-order valence-corrected chi connectivity index (χ3v) is 3.68. The fourth-order valence-corrected chi connectivity index (χ4v) is 2.72. The Bertz CT molecular complexity index is 790. The van der Waals surface area contributed by atoms with Crippen molar-refractivity contribution >= 4 is 10.8 Å². The molecule has 0 spiro atoms. The minimum absolute atomic E-state index is 0.302. The summed E-state index contributed by atoms with van der Waals surface area (Å²) in [6.07, 6.45) is 0.707. The summed E-state index contributed by atoms with van der Waals surface area (Å²) in [5.74, 6) is 1.94. The highest BCUT2D eigenvalue weighted by atomic mass is 16.5. The predicted molar refractivity (Wildman–Crippen MR) is 74.9 cm³/mol. The summed E-state index contributed by atoms with van der Waals surface area (Å²) in [5.41, 5.74) is 2.01. The normalized spacial score (nSPS) is 12.6. The van der Waals surface area contributed by atoms with Crippen molar-refractivity contribution in [3.05, 3.63) is 65.7 Å². The summed E-state index contributed by atoms with van der Waals surface area (Å²) in [4.78, 5) is 0. The van der Waals surface area contributed by atoms with Gasteiger partial charge in [-0.05, 0) is 29.0 Å². The van der Waals surface area contributed by atoms with Gasteiger partial charge in [0, 0.05) is 17.5 Å². The Hall–Kier alpha value is -2.48. The Morgan fingerprint density at radius 2 is 1.63 bits per heavy atom. The van der Waals surface area contributed by atoms with Gasteiger partial charge in [0.25, 0.3) is 0 Å². The first-order valence-corrected chi connectivity index (χ1v) is 6.32. The van der Waals surface area contributed by atoms with Crippen LogP contribution in [-0.4, -0.2) is 5.11 Å². The first-order chi connectivity index (χ1) is 9.33. The molecule has 0 unspecified atom stereocenters. The van der Waals surface area contributed by atoms with Gasteiger partial charge in [-0.1, -0.05) is 36.4 Å². The van der Waals surface area contributed by atoms with E-state index in [0.29, 0.717) is 12.2 Å². The zero-order chi connectivity index (χ0) is 12.8. The molecule has 3 aromatic rings. The molecule has 1 N–H and O–H groups in total. The molecule has 19 heavy (non-hydrogen) atoms. The van der Waals surface area contributed by atoms with Crippen molar-refractivity contribution in [1.29, 1.82) is 0 Å². The van der Waals surface area contributed by atoms with Crippen molar-refractivity contribution in [3.8, 4) is 17.2 Å². The van der Waals surface area contributed by atoms with Crippen molar-refractivity contribution in [2.75, 3.05) is 0 Å². The van der Waals surface area contributed by atoms with Gasteiger partial charge in [0.1, 0.15) is 17.2 Å². The van der Waals surface area contributed by atoms with Crippen LogP contribution in [0.4, 0.5) is 0 Å². The Kier molecular flexibility index (Phi) is 2.06. The number of aromatic hydroxyl groups is 1. The maximum atomic E-state index is 9.97. The summed E-state index contributed by atoms with van der Waals surface area (Å²) in [7, 11) is 0. The fourth-order valence-electron chi connectivity index (χ4n) is 2.72. The molecule has 0 aromatic heterocycles. The van der Waals surface area contributed by atoms with E-state index in [0.717, 1.165) is 22.6 Å². The van der Waals surface area contributed by atoms with Gasteiger partial charge < -0.3 is 9.84 Å². The van der Waals surface area contributed by atoms with Gasteiger partial charge in [-0.25, -0.2) is 0 Å². The van der Waals surface area contributed by atoms with Crippen LogP contribution < -0.4 is 4.74 Å². The van der Waals surface area contributed by atoms with E-state index in [1.165, 1.54) is 10.8 Å². The molecular formula is C17H12O2. The molecule has 0 saturated carbocycles. The number of phenols is 1. The van der Waals surface area contributed by atoms with Crippen LogP contribution in [-0.2, 0) is 6.42 Å². The van der Waals surface area contributed by atoms with Gasteiger partial charge in [0.2, 0.25) is 0 Å². The van der Waals surface area contributed by atoms with Crippen LogP contribution >= 0.6 is 0 Å². The molecule has 0 amide bonds. The molecule has 1 aliphatic heterocycles. The highest BCUT2D eigenvalue weighted by Crippen LogP contribution is 2.42. The molecule has 1 heterocycles. The summed E-state index contributed by atoms with van der Waals surface area (Å²) in [6, 6.07) is 17.7. The van der Waals surface area contributed by atoms with E-state index >= 15 is 0 Å². The first kappa shape index (κ1) is 10.4. The summed E-state index contributed by atoms with van der Waals surface area (Å²) < 4.78 is 5.91. The maximum Gasteiger partial charge on any atom is 0.134 e. The first-order valence-electron chi connectivity index (χ1n) is 6.32. The van der Waals surface area contributed by atoms with Gasteiger partial charge in [0.05, 0.1) is 0 Å². The Labute approximate surface area is 110 Å². The fraction of sp³-hybridized carbons (Fsp3) is 0.0588. The lowest BCUT2D eigenvalue weighted by molar-refractivity contribution is 0.433. The number of phenolic OH excluding ortho intramolecular Hbond substituents is 1. The van der Waals surface area contributed by atoms with Crippen LogP contribution in [0.2, 0.25) is 0 Å². The molecule has 0 saturated heterocycles. The van der Waals surface area contributed by atoms with Gasteiger partial charge in [-0.3, -0.25) is 0 Å². The van der Waals surface area contributed by atoms with E-state index in [2.05, 4.69) is 18.2 Å². The van der Waals surface area contributed by atoms with Crippen molar-refractivity contribution < 1.29 is 9.84 Å².